The summed E-state index contributed by atoms with van der Waals surface area (Å²) < 4.78 is 0. The van der Waals surface area contributed by atoms with Crippen molar-refractivity contribution in [3.05, 3.63) is 17.5 Å². The number of carbonyl (C=O) groups excluding carboxylic acids is 2. The molecule has 0 aliphatic rings. The van der Waals surface area contributed by atoms with E-state index in [1.807, 2.05) is 17.5 Å². The van der Waals surface area contributed by atoms with E-state index in [4.69, 9.17) is 0 Å². The Bertz CT molecular complexity index is 300. The Hall–Kier alpha value is -1.56. The van der Waals surface area contributed by atoms with Crippen molar-refractivity contribution in [3.8, 4) is 0 Å². The van der Waals surface area contributed by atoms with Gasteiger partial charge >= 0.3 is 6.03 Å². The van der Waals surface area contributed by atoms with E-state index in [0.717, 1.165) is 11.4 Å². The summed E-state index contributed by atoms with van der Waals surface area (Å²) in [6.45, 7) is 1.11. The molecule has 1 rings (SSSR count). The minimum Gasteiger partial charge on any atom is -0.359 e. The summed E-state index contributed by atoms with van der Waals surface area (Å²) in [5, 5.41) is 10.6. The zero-order valence-corrected chi connectivity index (χ0v) is 8.97. The Balaban J connectivity index is 2.06. The molecule has 15 heavy (non-hydrogen) atoms. The zero-order chi connectivity index (χ0) is 10.9. The highest BCUT2D eigenvalue weighted by atomic mass is 32.1. The van der Waals surface area contributed by atoms with E-state index >= 15 is 0 Å². The van der Waals surface area contributed by atoms with Crippen molar-refractivity contribution in [2.45, 2.75) is 6.42 Å². The van der Waals surface area contributed by atoms with Gasteiger partial charge in [0.25, 0.3) is 0 Å². The summed E-state index contributed by atoms with van der Waals surface area (Å²) in [5.41, 5.74) is 0. The molecule has 82 valence electrons. The molecular weight excluding hydrogens is 214 g/mol. The molecule has 0 radical (unpaired) electrons. The maximum atomic E-state index is 11.2. The van der Waals surface area contributed by atoms with Gasteiger partial charge in [-0.05, 0) is 23.9 Å². The fourth-order valence-corrected chi connectivity index (χ4v) is 1.57. The predicted molar refractivity (Wildman–Crippen MR) is 60.0 cm³/mol. The first-order valence-corrected chi connectivity index (χ1v) is 5.46. The van der Waals surface area contributed by atoms with Crippen LogP contribution >= 0.6 is 11.3 Å². The normalized spacial score (nSPS) is 9.33. The Morgan fingerprint density at radius 2 is 2.33 bits per heavy atom. The number of hydrogen-bond donors (Lipinski definition) is 3. The first-order chi connectivity index (χ1) is 7.33. The second kappa shape index (κ2) is 6.83. The van der Waals surface area contributed by atoms with Crippen LogP contribution in [0.2, 0.25) is 0 Å². The Morgan fingerprint density at radius 1 is 1.47 bits per heavy atom. The van der Waals surface area contributed by atoms with Gasteiger partial charge < -0.3 is 10.6 Å². The lowest BCUT2D eigenvalue weighted by molar-refractivity contribution is -0.109. The number of urea groups is 1. The molecule has 0 aromatic carbocycles. The minimum atomic E-state index is -0.219. The molecule has 0 unspecified atom stereocenters. The van der Waals surface area contributed by atoms with Crippen LogP contribution in [0.3, 0.4) is 0 Å². The molecule has 3 N–H and O–H groups in total. The number of amides is 3. The third-order valence-corrected chi connectivity index (χ3v) is 2.41. The first kappa shape index (κ1) is 11.5. The van der Waals surface area contributed by atoms with Crippen LogP contribution in [-0.2, 0) is 4.79 Å². The van der Waals surface area contributed by atoms with Gasteiger partial charge in [0.2, 0.25) is 6.41 Å². The van der Waals surface area contributed by atoms with Crippen LogP contribution in [0.5, 0.6) is 0 Å². The number of hydrogen-bond acceptors (Lipinski definition) is 3. The van der Waals surface area contributed by atoms with Crippen molar-refractivity contribution in [1.82, 2.24) is 10.6 Å². The second-order valence-electron chi connectivity index (χ2n) is 2.78. The lowest BCUT2D eigenvalue weighted by Crippen LogP contribution is -2.30. The van der Waals surface area contributed by atoms with Crippen LogP contribution in [0.4, 0.5) is 9.80 Å². The van der Waals surface area contributed by atoms with E-state index in [-0.39, 0.29) is 6.03 Å². The smallest absolute Gasteiger partial charge is 0.319 e. The summed E-state index contributed by atoms with van der Waals surface area (Å²) in [6.07, 6.45) is 1.36. The van der Waals surface area contributed by atoms with Crippen LogP contribution in [0, 0.1) is 0 Å². The SMILES string of the molecule is O=CNCCCNC(=O)Nc1cccs1. The molecule has 0 aliphatic carbocycles. The van der Waals surface area contributed by atoms with E-state index in [9.17, 15) is 9.59 Å². The Labute approximate surface area is 91.9 Å². The highest BCUT2D eigenvalue weighted by Gasteiger charge is 2.00. The average Bonchev–Trinajstić information content (AvgIpc) is 2.70. The van der Waals surface area contributed by atoms with Crippen LogP contribution < -0.4 is 16.0 Å². The molecule has 1 aromatic rings. The fraction of sp³-hybridized carbons (Fsp3) is 0.333. The standard InChI is InChI=1S/C9H13N3O2S/c13-7-10-4-2-5-11-9(14)12-8-3-1-6-15-8/h1,3,6-7H,2,4-5H2,(H,10,13)(H2,11,12,14). The van der Waals surface area contributed by atoms with Crippen LogP contribution in [0.25, 0.3) is 0 Å². The fourth-order valence-electron chi connectivity index (χ4n) is 0.957. The van der Waals surface area contributed by atoms with Crippen molar-refractivity contribution in [2.75, 3.05) is 18.4 Å². The molecule has 0 aliphatic heterocycles. The number of thiophene rings is 1. The number of nitrogens with one attached hydrogen (secondary N) is 3. The largest absolute Gasteiger partial charge is 0.359 e. The molecule has 0 bridgehead atoms. The van der Waals surface area contributed by atoms with Crippen LogP contribution in [-0.4, -0.2) is 25.5 Å². The highest BCUT2D eigenvalue weighted by Crippen LogP contribution is 2.14. The molecule has 5 nitrogen and oxygen atoms in total. The molecule has 0 saturated heterocycles. The van der Waals surface area contributed by atoms with Crippen LogP contribution in [0.1, 0.15) is 6.42 Å². The van der Waals surface area contributed by atoms with Crippen molar-refractivity contribution >= 4 is 28.8 Å². The maximum Gasteiger partial charge on any atom is 0.319 e. The van der Waals surface area contributed by atoms with Gasteiger partial charge in [0, 0.05) is 13.1 Å². The lowest BCUT2D eigenvalue weighted by atomic mass is 10.4. The van der Waals surface area contributed by atoms with Gasteiger partial charge in [0.1, 0.15) is 0 Å². The summed E-state index contributed by atoms with van der Waals surface area (Å²) >= 11 is 1.47. The zero-order valence-electron chi connectivity index (χ0n) is 8.16. The molecule has 0 saturated carbocycles. The van der Waals surface area contributed by atoms with Crippen LogP contribution in [0.15, 0.2) is 17.5 Å². The van der Waals surface area contributed by atoms with Gasteiger partial charge in [-0.25, -0.2) is 4.79 Å². The maximum absolute atomic E-state index is 11.2. The van der Waals surface area contributed by atoms with Gasteiger partial charge in [0.05, 0.1) is 5.00 Å². The number of rotatable bonds is 6. The van der Waals surface area contributed by atoms with Crippen molar-refractivity contribution in [1.29, 1.82) is 0 Å². The van der Waals surface area contributed by atoms with Crippen molar-refractivity contribution in [3.63, 3.8) is 0 Å². The number of carbonyl (C=O) groups is 2. The summed E-state index contributed by atoms with van der Waals surface area (Å²) in [5.74, 6) is 0. The molecule has 0 fully saturated rings. The van der Waals surface area contributed by atoms with Gasteiger partial charge in [-0.1, -0.05) is 0 Å². The molecule has 6 heteroatoms. The second-order valence-corrected chi connectivity index (χ2v) is 3.73. The lowest BCUT2D eigenvalue weighted by Gasteiger charge is -2.05. The molecule has 0 atom stereocenters. The van der Waals surface area contributed by atoms with E-state index < -0.39 is 0 Å². The third kappa shape index (κ3) is 5.02. The summed E-state index contributed by atoms with van der Waals surface area (Å²) in [6, 6.07) is 3.48. The van der Waals surface area contributed by atoms with Crippen molar-refractivity contribution < 1.29 is 9.59 Å². The topological polar surface area (TPSA) is 70.2 Å². The van der Waals surface area contributed by atoms with Gasteiger partial charge in [-0.15, -0.1) is 11.3 Å². The van der Waals surface area contributed by atoms with E-state index in [2.05, 4.69) is 16.0 Å². The quantitative estimate of drug-likeness (QED) is 0.501. The third-order valence-electron chi connectivity index (χ3n) is 1.62. The van der Waals surface area contributed by atoms with Gasteiger partial charge in [0.15, 0.2) is 0 Å². The molecule has 0 spiro atoms. The molecular formula is C9H13N3O2S. The van der Waals surface area contributed by atoms with Crippen molar-refractivity contribution in [2.24, 2.45) is 0 Å². The predicted octanol–water partition coefficient (Wildman–Crippen LogP) is 1.01. The first-order valence-electron chi connectivity index (χ1n) is 4.58. The van der Waals surface area contributed by atoms with E-state index in [0.29, 0.717) is 19.5 Å². The summed E-state index contributed by atoms with van der Waals surface area (Å²) in [7, 11) is 0. The summed E-state index contributed by atoms with van der Waals surface area (Å²) in [4.78, 5) is 21.1. The number of anilines is 1. The van der Waals surface area contributed by atoms with Gasteiger partial charge in [-0.2, -0.15) is 0 Å². The van der Waals surface area contributed by atoms with E-state index in [1.54, 1.807) is 0 Å². The Kier molecular flexibility index (Phi) is 5.24. The Morgan fingerprint density at radius 3 is 3.00 bits per heavy atom. The highest BCUT2D eigenvalue weighted by molar-refractivity contribution is 7.14. The minimum absolute atomic E-state index is 0.219. The molecule has 1 heterocycles. The monoisotopic (exact) mass is 227 g/mol. The molecule has 1 aromatic heterocycles. The molecule has 3 amide bonds. The van der Waals surface area contributed by atoms with E-state index in [1.165, 1.54) is 11.3 Å². The average molecular weight is 227 g/mol. The van der Waals surface area contributed by atoms with Gasteiger partial charge in [-0.3, -0.25) is 10.1 Å².